The second kappa shape index (κ2) is 8.46. The largest absolute Gasteiger partial charge is 0.307 e. The van der Waals surface area contributed by atoms with Crippen molar-refractivity contribution >= 4 is 28.8 Å². The van der Waals surface area contributed by atoms with Gasteiger partial charge >= 0.3 is 0 Å². The molecule has 5 rings (SSSR count). The van der Waals surface area contributed by atoms with Crippen molar-refractivity contribution in [2.24, 2.45) is 0 Å². The molecular formula is C24H18FN7O. The van der Waals surface area contributed by atoms with E-state index in [-0.39, 0.29) is 11.7 Å². The predicted molar refractivity (Wildman–Crippen MR) is 123 cm³/mol. The second-order valence-electron chi connectivity index (χ2n) is 7.28. The van der Waals surface area contributed by atoms with Crippen LogP contribution in [0.2, 0.25) is 0 Å². The molecule has 0 aliphatic heterocycles. The number of aromatic nitrogens is 6. The van der Waals surface area contributed by atoms with E-state index in [9.17, 15) is 9.18 Å². The molecule has 3 aromatic heterocycles. The molecule has 0 aliphatic carbocycles. The van der Waals surface area contributed by atoms with Crippen molar-refractivity contribution in [1.29, 1.82) is 0 Å². The third kappa shape index (κ3) is 4.11. The van der Waals surface area contributed by atoms with Crippen LogP contribution < -0.4 is 5.32 Å². The van der Waals surface area contributed by atoms with Gasteiger partial charge in [-0.3, -0.25) is 4.79 Å². The van der Waals surface area contributed by atoms with E-state index in [1.165, 1.54) is 24.5 Å². The molecule has 1 amide bonds. The Kier molecular flexibility index (Phi) is 5.19. The van der Waals surface area contributed by atoms with Gasteiger partial charge in [-0.25, -0.2) is 19.0 Å². The summed E-state index contributed by atoms with van der Waals surface area (Å²) >= 11 is 0. The summed E-state index contributed by atoms with van der Waals surface area (Å²) < 4.78 is 16.5. The summed E-state index contributed by atoms with van der Waals surface area (Å²) in [6, 6.07) is 17.3. The van der Waals surface area contributed by atoms with Crippen LogP contribution in [0.25, 0.3) is 28.6 Å². The molecule has 162 valence electrons. The molecule has 0 atom stereocenters. The number of anilines is 1. The smallest absolute Gasteiger partial charge is 0.249 e. The van der Waals surface area contributed by atoms with Crippen LogP contribution in [0.4, 0.5) is 10.2 Å². The maximum Gasteiger partial charge on any atom is 0.249 e. The van der Waals surface area contributed by atoms with Gasteiger partial charge < -0.3 is 5.32 Å². The standard InChI is InChI=1S/C24H18FN7O/c1-16-13-21(29-22(33)12-7-17-5-3-2-4-6-17)32(30-16)24-20-14-28-31(23(20)26-15-27-24)19-10-8-18(25)9-11-19/h2-15H,1H3,(H,29,33). The number of carbonyl (C=O) groups is 1. The van der Waals surface area contributed by atoms with Crippen molar-refractivity contribution in [3.8, 4) is 11.5 Å². The molecule has 0 saturated carbocycles. The average molecular weight is 439 g/mol. The lowest BCUT2D eigenvalue weighted by atomic mass is 10.2. The molecule has 0 aliphatic rings. The molecule has 1 N–H and O–H groups in total. The van der Waals surface area contributed by atoms with Gasteiger partial charge in [-0.05, 0) is 42.8 Å². The van der Waals surface area contributed by atoms with E-state index in [1.807, 2.05) is 37.3 Å². The average Bonchev–Trinajstić information content (AvgIpc) is 3.42. The van der Waals surface area contributed by atoms with E-state index < -0.39 is 0 Å². The molecule has 8 nitrogen and oxygen atoms in total. The normalized spacial score (nSPS) is 11.3. The first-order valence-electron chi connectivity index (χ1n) is 10.1. The highest BCUT2D eigenvalue weighted by atomic mass is 19.1. The third-order valence-electron chi connectivity index (χ3n) is 4.93. The Morgan fingerprint density at radius 1 is 1.03 bits per heavy atom. The number of nitrogens with zero attached hydrogens (tertiary/aromatic N) is 6. The topological polar surface area (TPSA) is 90.5 Å². The summed E-state index contributed by atoms with van der Waals surface area (Å²) in [4.78, 5) is 21.3. The van der Waals surface area contributed by atoms with E-state index in [0.717, 1.165) is 5.56 Å². The Morgan fingerprint density at radius 3 is 2.61 bits per heavy atom. The Bertz CT molecular complexity index is 1470. The molecule has 33 heavy (non-hydrogen) atoms. The summed E-state index contributed by atoms with van der Waals surface area (Å²) in [6.07, 6.45) is 6.21. The third-order valence-corrected chi connectivity index (χ3v) is 4.93. The lowest BCUT2D eigenvalue weighted by Gasteiger charge is -2.08. The summed E-state index contributed by atoms with van der Waals surface area (Å²) in [5, 5.41) is 12.4. The summed E-state index contributed by atoms with van der Waals surface area (Å²) in [5.41, 5.74) is 2.81. The maximum absolute atomic E-state index is 13.3. The highest BCUT2D eigenvalue weighted by Crippen LogP contribution is 2.24. The molecular weight excluding hydrogens is 421 g/mol. The van der Waals surface area contributed by atoms with Gasteiger partial charge in [0.15, 0.2) is 11.5 Å². The van der Waals surface area contributed by atoms with E-state index in [2.05, 4.69) is 25.5 Å². The number of carbonyl (C=O) groups excluding carboxylic acids is 1. The van der Waals surface area contributed by atoms with Crippen LogP contribution in [0.3, 0.4) is 0 Å². The van der Waals surface area contributed by atoms with E-state index in [1.54, 1.807) is 39.8 Å². The lowest BCUT2D eigenvalue weighted by Crippen LogP contribution is -2.13. The Balaban J connectivity index is 1.49. The fourth-order valence-electron chi connectivity index (χ4n) is 3.43. The molecule has 0 spiro atoms. The first kappa shape index (κ1) is 20.3. The summed E-state index contributed by atoms with van der Waals surface area (Å²) in [5.74, 6) is 0.292. The minimum absolute atomic E-state index is 0.299. The van der Waals surface area contributed by atoms with Crippen LogP contribution in [0.15, 0.2) is 79.3 Å². The number of hydrogen-bond acceptors (Lipinski definition) is 5. The number of nitrogens with one attached hydrogen (secondary N) is 1. The predicted octanol–water partition coefficient (Wildman–Crippen LogP) is 4.10. The minimum Gasteiger partial charge on any atom is -0.307 e. The number of fused-ring (bicyclic) bond motifs is 1. The SMILES string of the molecule is Cc1cc(NC(=O)C=Cc2ccccc2)n(-c2ncnc3c2cnn3-c2ccc(F)cc2)n1. The van der Waals surface area contributed by atoms with Gasteiger partial charge in [0.1, 0.15) is 18.0 Å². The van der Waals surface area contributed by atoms with Gasteiger partial charge in [0.05, 0.1) is 23.0 Å². The van der Waals surface area contributed by atoms with Crippen LogP contribution in [0.5, 0.6) is 0 Å². The fourth-order valence-corrected chi connectivity index (χ4v) is 3.43. The van der Waals surface area contributed by atoms with Gasteiger partial charge in [0, 0.05) is 12.1 Å². The van der Waals surface area contributed by atoms with Crippen molar-refractivity contribution in [3.05, 3.63) is 96.3 Å². The molecule has 9 heteroatoms. The van der Waals surface area contributed by atoms with Gasteiger partial charge in [-0.1, -0.05) is 30.3 Å². The zero-order valence-electron chi connectivity index (χ0n) is 17.6. The quantitative estimate of drug-likeness (QED) is 0.417. The van der Waals surface area contributed by atoms with Crippen LogP contribution >= 0.6 is 0 Å². The Labute approximate surface area is 188 Å². The van der Waals surface area contributed by atoms with Crippen LogP contribution in [0.1, 0.15) is 11.3 Å². The molecule has 5 aromatic rings. The molecule has 0 saturated heterocycles. The molecule has 2 aromatic carbocycles. The number of rotatable bonds is 5. The highest BCUT2D eigenvalue weighted by molar-refractivity contribution is 6.01. The zero-order chi connectivity index (χ0) is 22.8. The maximum atomic E-state index is 13.3. The van der Waals surface area contributed by atoms with Crippen LogP contribution in [-0.4, -0.2) is 35.4 Å². The van der Waals surface area contributed by atoms with Crippen LogP contribution in [0, 0.1) is 12.7 Å². The van der Waals surface area contributed by atoms with Crippen LogP contribution in [-0.2, 0) is 4.79 Å². The molecule has 0 bridgehead atoms. The van der Waals surface area contributed by atoms with E-state index in [0.29, 0.717) is 34.1 Å². The van der Waals surface area contributed by atoms with E-state index in [4.69, 9.17) is 0 Å². The first-order valence-corrected chi connectivity index (χ1v) is 10.1. The van der Waals surface area contributed by atoms with Crippen molar-refractivity contribution < 1.29 is 9.18 Å². The van der Waals surface area contributed by atoms with Gasteiger partial charge in [-0.2, -0.15) is 14.9 Å². The monoisotopic (exact) mass is 439 g/mol. The Hall–Kier alpha value is -4.66. The number of halogens is 1. The highest BCUT2D eigenvalue weighted by Gasteiger charge is 2.17. The van der Waals surface area contributed by atoms with Gasteiger partial charge in [-0.15, -0.1) is 0 Å². The second-order valence-corrected chi connectivity index (χ2v) is 7.28. The fraction of sp³-hybridized carbons (Fsp3) is 0.0417. The zero-order valence-corrected chi connectivity index (χ0v) is 17.6. The number of benzene rings is 2. The molecule has 0 unspecified atom stereocenters. The van der Waals surface area contributed by atoms with Crippen molar-refractivity contribution in [2.45, 2.75) is 6.92 Å². The van der Waals surface area contributed by atoms with Gasteiger partial charge in [0.2, 0.25) is 5.91 Å². The molecule has 0 fully saturated rings. The molecule has 3 heterocycles. The number of hydrogen-bond donors (Lipinski definition) is 1. The number of amides is 1. The summed E-state index contributed by atoms with van der Waals surface area (Å²) in [6.45, 7) is 1.83. The Morgan fingerprint density at radius 2 is 1.82 bits per heavy atom. The van der Waals surface area contributed by atoms with Crippen molar-refractivity contribution in [2.75, 3.05) is 5.32 Å². The lowest BCUT2D eigenvalue weighted by molar-refractivity contribution is -0.111. The van der Waals surface area contributed by atoms with Crippen molar-refractivity contribution in [3.63, 3.8) is 0 Å². The van der Waals surface area contributed by atoms with Crippen molar-refractivity contribution in [1.82, 2.24) is 29.5 Å². The van der Waals surface area contributed by atoms with E-state index >= 15 is 0 Å². The summed E-state index contributed by atoms with van der Waals surface area (Å²) in [7, 11) is 0. The molecule has 0 radical (unpaired) electrons. The number of aryl methyl sites for hydroxylation is 1. The minimum atomic E-state index is -0.334. The first-order chi connectivity index (χ1) is 16.1. The van der Waals surface area contributed by atoms with Gasteiger partial charge in [0.25, 0.3) is 0 Å².